The largest absolute Gasteiger partial charge is 0.356 e. The van der Waals surface area contributed by atoms with Crippen LogP contribution in [0, 0.1) is 6.92 Å². The van der Waals surface area contributed by atoms with Crippen LogP contribution in [0.2, 0.25) is 5.15 Å². The molecule has 0 aromatic carbocycles. The average Bonchev–Trinajstić information content (AvgIpc) is 2.93. The lowest BCUT2D eigenvalue weighted by Crippen LogP contribution is -2.46. The number of amides is 2. The van der Waals surface area contributed by atoms with Crippen molar-refractivity contribution in [3.05, 3.63) is 16.5 Å². The molecule has 1 N–H and O–H groups in total. The Hall–Kier alpha value is -1.56. The van der Waals surface area contributed by atoms with E-state index in [0.717, 1.165) is 56.8 Å². The first-order chi connectivity index (χ1) is 10.6. The molecule has 3 heterocycles. The van der Waals surface area contributed by atoms with Gasteiger partial charge in [0.2, 0.25) is 0 Å². The summed E-state index contributed by atoms with van der Waals surface area (Å²) in [6.45, 7) is 7.32. The summed E-state index contributed by atoms with van der Waals surface area (Å²) in [5.74, 6) is 1.67. The van der Waals surface area contributed by atoms with Gasteiger partial charge in [-0.15, -0.1) is 0 Å². The Bertz CT molecular complexity index is 571. The molecular weight excluding hydrogens is 302 g/mol. The van der Waals surface area contributed by atoms with E-state index in [1.807, 2.05) is 11.8 Å². The minimum absolute atomic E-state index is 0.0774. The molecule has 2 aliphatic heterocycles. The molecule has 0 aliphatic carbocycles. The fourth-order valence-electron chi connectivity index (χ4n) is 3.34. The molecule has 7 heteroatoms. The zero-order valence-corrected chi connectivity index (χ0v) is 13.9. The summed E-state index contributed by atoms with van der Waals surface area (Å²) in [6, 6.07) is 0.413. The summed E-state index contributed by atoms with van der Waals surface area (Å²) in [5.41, 5.74) is 1.02. The van der Waals surface area contributed by atoms with Crippen LogP contribution in [0.25, 0.3) is 0 Å². The van der Waals surface area contributed by atoms with Crippen molar-refractivity contribution < 1.29 is 4.79 Å². The van der Waals surface area contributed by atoms with E-state index >= 15 is 0 Å². The van der Waals surface area contributed by atoms with Crippen LogP contribution in [0.1, 0.15) is 31.2 Å². The first-order valence-corrected chi connectivity index (χ1v) is 8.30. The van der Waals surface area contributed by atoms with Crippen molar-refractivity contribution in [2.75, 3.05) is 31.1 Å². The van der Waals surface area contributed by atoms with Gasteiger partial charge in [0.15, 0.2) is 0 Å². The summed E-state index contributed by atoms with van der Waals surface area (Å²) >= 11 is 6.27. The number of rotatable bonds is 3. The highest BCUT2D eigenvalue weighted by atomic mass is 35.5. The van der Waals surface area contributed by atoms with Crippen LogP contribution in [-0.2, 0) is 6.42 Å². The number of hydrogen-bond acceptors (Lipinski definition) is 4. The molecule has 1 aromatic heterocycles. The smallest absolute Gasteiger partial charge is 0.317 e. The maximum Gasteiger partial charge on any atom is 0.317 e. The number of halogens is 1. The number of nitrogens with one attached hydrogen (secondary N) is 1. The minimum Gasteiger partial charge on any atom is -0.356 e. The van der Waals surface area contributed by atoms with Gasteiger partial charge < -0.3 is 15.1 Å². The van der Waals surface area contributed by atoms with Gasteiger partial charge in [-0.1, -0.05) is 18.5 Å². The van der Waals surface area contributed by atoms with Crippen molar-refractivity contribution in [3.8, 4) is 0 Å². The van der Waals surface area contributed by atoms with Crippen molar-refractivity contribution in [1.82, 2.24) is 20.2 Å². The third kappa shape index (κ3) is 2.84. The highest BCUT2D eigenvalue weighted by Gasteiger charge is 2.31. The zero-order valence-electron chi connectivity index (χ0n) is 13.1. The molecule has 0 saturated carbocycles. The fourth-order valence-corrected chi connectivity index (χ4v) is 3.68. The predicted molar refractivity (Wildman–Crippen MR) is 86.5 cm³/mol. The average molecular weight is 324 g/mol. The van der Waals surface area contributed by atoms with Crippen LogP contribution in [0.4, 0.5) is 10.6 Å². The maximum absolute atomic E-state index is 11.8. The Kier molecular flexibility index (Phi) is 4.38. The number of nitrogens with zero attached hydrogens (tertiary/aromatic N) is 4. The quantitative estimate of drug-likeness (QED) is 0.864. The first kappa shape index (κ1) is 15.3. The van der Waals surface area contributed by atoms with Crippen molar-refractivity contribution in [2.24, 2.45) is 0 Å². The minimum atomic E-state index is 0.0774. The Balaban J connectivity index is 1.72. The Morgan fingerprint density at radius 1 is 1.27 bits per heavy atom. The van der Waals surface area contributed by atoms with Gasteiger partial charge in [0.1, 0.15) is 16.8 Å². The molecular formula is C15H22ClN5O. The van der Waals surface area contributed by atoms with Crippen LogP contribution < -0.4 is 10.2 Å². The SMILES string of the molecule is CCc1c(Cl)nc(C)nc1N1CCC(N2CCNC2=O)CC1. The fraction of sp³-hybridized carbons (Fsp3) is 0.667. The molecule has 0 spiro atoms. The standard InChI is InChI=1S/C15H22ClN5O/c1-3-12-13(16)18-10(2)19-14(12)20-7-4-11(5-8-20)21-9-6-17-15(21)22/h11H,3-9H2,1-2H3,(H,17,22). The second-order valence-corrected chi connectivity index (χ2v) is 6.22. The Morgan fingerprint density at radius 2 is 2.00 bits per heavy atom. The maximum atomic E-state index is 11.8. The summed E-state index contributed by atoms with van der Waals surface area (Å²) in [4.78, 5) is 24.9. The summed E-state index contributed by atoms with van der Waals surface area (Å²) in [6.07, 6.45) is 2.76. The summed E-state index contributed by atoms with van der Waals surface area (Å²) in [5, 5.41) is 3.44. The molecule has 2 saturated heterocycles. The lowest BCUT2D eigenvalue weighted by Gasteiger charge is -2.37. The summed E-state index contributed by atoms with van der Waals surface area (Å²) < 4.78 is 0. The molecule has 0 unspecified atom stereocenters. The highest BCUT2D eigenvalue weighted by molar-refractivity contribution is 6.30. The predicted octanol–water partition coefficient (Wildman–Crippen LogP) is 1.99. The van der Waals surface area contributed by atoms with Gasteiger partial charge in [0, 0.05) is 37.8 Å². The molecule has 120 valence electrons. The third-order valence-corrected chi connectivity index (χ3v) is 4.81. The van der Waals surface area contributed by atoms with Crippen LogP contribution in [0.3, 0.4) is 0 Å². The third-order valence-electron chi connectivity index (χ3n) is 4.49. The topological polar surface area (TPSA) is 61.4 Å². The lowest BCUT2D eigenvalue weighted by molar-refractivity contribution is 0.186. The number of carbonyl (C=O) groups is 1. The first-order valence-electron chi connectivity index (χ1n) is 7.92. The van der Waals surface area contributed by atoms with E-state index in [4.69, 9.17) is 11.6 Å². The number of hydrogen-bond donors (Lipinski definition) is 1. The monoisotopic (exact) mass is 323 g/mol. The van der Waals surface area contributed by atoms with Gasteiger partial charge in [0.05, 0.1) is 0 Å². The van der Waals surface area contributed by atoms with E-state index in [9.17, 15) is 4.79 Å². The van der Waals surface area contributed by atoms with Crippen molar-refractivity contribution >= 4 is 23.4 Å². The second-order valence-electron chi connectivity index (χ2n) is 5.86. The molecule has 6 nitrogen and oxygen atoms in total. The van der Waals surface area contributed by atoms with Gasteiger partial charge in [0.25, 0.3) is 0 Å². The van der Waals surface area contributed by atoms with Crippen LogP contribution >= 0.6 is 11.6 Å². The molecule has 1 aromatic rings. The summed E-state index contributed by atoms with van der Waals surface area (Å²) in [7, 11) is 0. The number of aryl methyl sites for hydroxylation is 1. The molecule has 0 radical (unpaired) electrons. The van der Waals surface area contributed by atoms with Gasteiger partial charge >= 0.3 is 6.03 Å². The van der Waals surface area contributed by atoms with E-state index in [0.29, 0.717) is 17.0 Å². The van der Waals surface area contributed by atoms with Gasteiger partial charge in [-0.3, -0.25) is 0 Å². The van der Waals surface area contributed by atoms with E-state index in [1.54, 1.807) is 0 Å². The Labute approximate surface area is 135 Å². The number of piperidine rings is 1. The van der Waals surface area contributed by atoms with Gasteiger partial charge in [-0.2, -0.15) is 0 Å². The number of aromatic nitrogens is 2. The molecule has 2 aliphatic rings. The number of carbonyl (C=O) groups excluding carboxylic acids is 1. The van der Waals surface area contributed by atoms with E-state index < -0.39 is 0 Å². The lowest BCUT2D eigenvalue weighted by atomic mass is 10.0. The molecule has 2 amide bonds. The molecule has 22 heavy (non-hydrogen) atoms. The number of anilines is 1. The normalized spacial score (nSPS) is 19.7. The van der Waals surface area contributed by atoms with Crippen molar-refractivity contribution in [1.29, 1.82) is 0 Å². The molecule has 3 rings (SSSR count). The van der Waals surface area contributed by atoms with Crippen molar-refractivity contribution in [2.45, 2.75) is 39.2 Å². The Morgan fingerprint density at radius 3 is 2.59 bits per heavy atom. The number of urea groups is 1. The molecule has 0 bridgehead atoms. The van der Waals surface area contributed by atoms with E-state index in [1.165, 1.54) is 0 Å². The van der Waals surface area contributed by atoms with Crippen molar-refractivity contribution in [3.63, 3.8) is 0 Å². The zero-order chi connectivity index (χ0) is 15.7. The van der Waals surface area contributed by atoms with Crippen LogP contribution in [-0.4, -0.2) is 53.1 Å². The van der Waals surface area contributed by atoms with Crippen LogP contribution in [0.5, 0.6) is 0 Å². The molecule has 2 fully saturated rings. The van der Waals surface area contributed by atoms with E-state index in [-0.39, 0.29) is 6.03 Å². The van der Waals surface area contributed by atoms with E-state index in [2.05, 4.69) is 27.1 Å². The van der Waals surface area contributed by atoms with Gasteiger partial charge in [-0.05, 0) is 26.2 Å². The second kappa shape index (κ2) is 6.28. The van der Waals surface area contributed by atoms with Crippen LogP contribution in [0.15, 0.2) is 0 Å². The highest BCUT2D eigenvalue weighted by Crippen LogP contribution is 2.28. The van der Waals surface area contributed by atoms with Gasteiger partial charge in [-0.25, -0.2) is 14.8 Å². The molecule has 0 atom stereocenters.